The van der Waals surface area contributed by atoms with E-state index in [-0.39, 0.29) is 11.3 Å². The van der Waals surface area contributed by atoms with Gasteiger partial charge in [0.15, 0.2) is 0 Å². The van der Waals surface area contributed by atoms with Gasteiger partial charge in [-0.25, -0.2) is 4.79 Å². The first-order valence-corrected chi connectivity index (χ1v) is 4.72. The molecule has 0 radical (unpaired) electrons. The second-order valence-electron chi connectivity index (χ2n) is 4.69. The normalized spacial score (nSPS) is 13.4. The number of nitrogens with one attached hydrogen (secondary N) is 1. The van der Waals surface area contributed by atoms with Gasteiger partial charge in [-0.15, -0.1) is 0 Å². The minimum absolute atomic E-state index is 0.0895. The van der Waals surface area contributed by atoms with Crippen LogP contribution in [0.2, 0.25) is 0 Å². The lowest BCUT2D eigenvalue weighted by molar-refractivity contribution is -0.141. The summed E-state index contributed by atoms with van der Waals surface area (Å²) in [6.07, 6.45) is 1.24. The van der Waals surface area contributed by atoms with Crippen LogP contribution in [0.25, 0.3) is 0 Å². The molecule has 0 bridgehead atoms. The number of carbonyl (C=O) groups excluding carboxylic acids is 1. The summed E-state index contributed by atoms with van der Waals surface area (Å²) in [7, 11) is 0. The van der Waals surface area contributed by atoms with E-state index in [1.165, 1.54) is 6.92 Å². The number of carboxylic acids is 1. The van der Waals surface area contributed by atoms with Crippen LogP contribution in [-0.2, 0) is 9.59 Å². The van der Waals surface area contributed by atoms with Crippen LogP contribution in [0, 0.1) is 5.41 Å². The molecule has 14 heavy (non-hydrogen) atoms. The van der Waals surface area contributed by atoms with Crippen molar-refractivity contribution in [3.05, 3.63) is 0 Å². The minimum Gasteiger partial charge on any atom is -0.480 e. The Morgan fingerprint density at radius 1 is 1.36 bits per heavy atom. The first kappa shape index (κ1) is 12.9. The average molecular weight is 201 g/mol. The highest BCUT2D eigenvalue weighted by atomic mass is 16.4. The number of hydrogen-bond donors (Lipinski definition) is 2. The summed E-state index contributed by atoms with van der Waals surface area (Å²) < 4.78 is 0. The predicted molar refractivity (Wildman–Crippen MR) is 53.9 cm³/mol. The maximum absolute atomic E-state index is 10.7. The van der Waals surface area contributed by atoms with E-state index in [4.69, 9.17) is 5.11 Å². The smallest absolute Gasteiger partial charge is 0.326 e. The highest BCUT2D eigenvalue weighted by Gasteiger charge is 2.21. The Kier molecular flexibility index (Phi) is 4.60. The molecule has 0 aliphatic heterocycles. The van der Waals surface area contributed by atoms with Crippen molar-refractivity contribution in [2.24, 2.45) is 5.41 Å². The number of amides is 1. The topological polar surface area (TPSA) is 66.4 Å². The Morgan fingerprint density at radius 2 is 1.86 bits per heavy atom. The van der Waals surface area contributed by atoms with Gasteiger partial charge in [0.25, 0.3) is 0 Å². The lowest BCUT2D eigenvalue weighted by Gasteiger charge is -2.21. The summed E-state index contributed by atoms with van der Waals surface area (Å²) in [5, 5.41) is 11.2. The van der Waals surface area contributed by atoms with Gasteiger partial charge in [-0.05, 0) is 18.3 Å². The van der Waals surface area contributed by atoms with Crippen molar-refractivity contribution in [2.75, 3.05) is 0 Å². The summed E-state index contributed by atoms with van der Waals surface area (Å²) in [5.41, 5.74) is 0.0895. The molecular formula is C10H19NO3. The molecule has 0 aromatic heterocycles. The number of rotatable bonds is 4. The molecular weight excluding hydrogens is 182 g/mol. The monoisotopic (exact) mass is 201 g/mol. The van der Waals surface area contributed by atoms with Crippen LogP contribution in [0.15, 0.2) is 0 Å². The third-order valence-electron chi connectivity index (χ3n) is 1.86. The van der Waals surface area contributed by atoms with Crippen molar-refractivity contribution in [1.29, 1.82) is 0 Å². The molecule has 2 N–H and O–H groups in total. The highest BCUT2D eigenvalue weighted by molar-refractivity contribution is 5.81. The van der Waals surface area contributed by atoms with Crippen molar-refractivity contribution in [1.82, 2.24) is 5.32 Å². The van der Waals surface area contributed by atoms with E-state index in [0.29, 0.717) is 6.42 Å². The van der Waals surface area contributed by atoms with Gasteiger partial charge >= 0.3 is 5.97 Å². The van der Waals surface area contributed by atoms with Gasteiger partial charge in [-0.2, -0.15) is 0 Å². The lowest BCUT2D eigenvalue weighted by atomic mass is 9.88. The van der Waals surface area contributed by atoms with E-state index < -0.39 is 12.0 Å². The van der Waals surface area contributed by atoms with E-state index in [9.17, 15) is 9.59 Å². The fraction of sp³-hybridized carbons (Fsp3) is 0.800. The molecule has 0 aliphatic rings. The summed E-state index contributed by atoms with van der Waals surface area (Å²) in [5.74, 6) is -1.27. The Hall–Kier alpha value is -1.06. The molecule has 1 atom stereocenters. The van der Waals surface area contributed by atoms with Gasteiger partial charge < -0.3 is 10.4 Å². The molecule has 0 aromatic carbocycles. The molecule has 4 heteroatoms. The van der Waals surface area contributed by atoms with Crippen molar-refractivity contribution < 1.29 is 14.7 Å². The van der Waals surface area contributed by atoms with Crippen LogP contribution in [0.5, 0.6) is 0 Å². The van der Waals surface area contributed by atoms with Gasteiger partial charge in [-0.1, -0.05) is 20.8 Å². The molecule has 0 spiro atoms. The standard InChI is InChI=1S/C10H19NO3/c1-7(12)11-8(9(13)14)5-6-10(2,3)4/h8H,5-6H2,1-4H3,(H,11,12)(H,13,14)/t8-/m0/s1. The third-order valence-corrected chi connectivity index (χ3v) is 1.86. The Balaban J connectivity index is 4.11. The van der Waals surface area contributed by atoms with Crippen LogP contribution in [0.4, 0.5) is 0 Å². The zero-order valence-electron chi connectivity index (χ0n) is 9.26. The highest BCUT2D eigenvalue weighted by Crippen LogP contribution is 2.21. The van der Waals surface area contributed by atoms with Crippen molar-refractivity contribution in [3.8, 4) is 0 Å². The molecule has 0 heterocycles. The molecule has 0 aromatic rings. The van der Waals surface area contributed by atoms with E-state index in [2.05, 4.69) is 5.32 Å². The molecule has 0 fully saturated rings. The number of carboxylic acid groups (broad SMARTS) is 1. The van der Waals surface area contributed by atoms with Gasteiger partial charge in [-0.3, -0.25) is 4.79 Å². The number of hydrogen-bond acceptors (Lipinski definition) is 2. The van der Waals surface area contributed by atoms with Crippen molar-refractivity contribution in [3.63, 3.8) is 0 Å². The minimum atomic E-state index is -0.968. The molecule has 0 saturated heterocycles. The maximum atomic E-state index is 10.7. The Morgan fingerprint density at radius 3 is 2.14 bits per heavy atom. The summed E-state index contributed by atoms with van der Waals surface area (Å²) in [6.45, 7) is 7.45. The first-order valence-electron chi connectivity index (χ1n) is 4.72. The van der Waals surface area contributed by atoms with Crippen LogP contribution < -0.4 is 5.32 Å². The summed E-state index contributed by atoms with van der Waals surface area (Å²) >= 11 is 0. The largest absolute Gasteiger partial charge is 0.480 e. The molecule has 4 nitrogen and oxygen atoms in total. The zero-order chi connectivity index (χ0) is 11.4. The van der Waals surface area contributed by atoms with Gasteiger partial charge in [0.1, 0.15) is 6.04 Å². The second-order valence-corrected chi connectivity index (χ2v) is 4.69. The van der Waals surface area contributed by atoms with Gasteiger partial charge in [0.2, 0.25) is 5.91 Å². The van der Waals surface area contributed by atoms with E-state index in [1.807, 2.05) is 20.8 Å². The lowest BCUT2D eigenvalue weighted by Crippen LogP contribution is -2.40. The molecule has 0 saturated carbocycles. The van der Waals surface area contributed by atoms with Crippen LogP contribution in [0.1, 0.15) is 40.5 Å². The number of aliphatic carboxylic acids is 1. The van der Waals surface area contributed by atoms with E-state index in [0.717, 1.165) is 6.42 Å². The quantitative estimate of drug-likeness (QED) is 0.722. The molecule has 0 unspecified atom stereocenters. The Labute approximate surface area is 84.7 Å². The zero-order valence-corrected chi connectivity index (χ0v) is 9.26. The predicted octanol–water partition coefficient (Wildman–Crippen LogP) is 1.40. The fourth-order valence-corrected chi connectivity index (χ4v) is 1.08. The van der Waals surface area contributed by atoms with Crippen LogP contribution in [-0.4, -0.2) is 23.0 Å². The van der Waals surface area contributed by atoms with Gasteiger partial charge in [0.05, 0.1) is 0 Å². The number of carbonyl (C=O) groups is 2. The average Bonchev–Trinajstić information content (AvgIpc) is 1.94. The summed E-state index contributed by atoms with van der Waals surface area (Å²) in [6, 6.07) is -0.758. The van der Waals surface area contributed by atoms with E-state index >= 15 is 0 Å². The molecule has 0 aliphatic carbocycles. The third kappa shape index (κ3) is 6.46. The SMILES string of the molecule is CC(=O)N[C@@H](CCC(C)(C)C)C(=O)O. The first-order chi connectivity index (χ1) is 6.22. The van der Waals surface area contributed by atoms with Crippen LogP contribution in [0.3, 0.4) is 0 Å². The van der Waals surface area contributed by atoms with Crippen LogP contribution >= 0.6 is 0 Å². The van der Waals surface area contributed by atoms with Crippen molar-refractivity contribution in [2.45, 2.75) is 46.6 Å². The van der Waals surface area contributed by atoms with Crippen molar-refractivity contribution >= 4 is 11.9 Å². The molecule has 0 rings (SSSR count). The molecule has 1 amide bonds. The second kappa shape index (κ2) is 4.98. The fourth-order valence-electron chi connectivity index (χ4n) is 1.08. The molecule has 82 valence electrons. The summed E-state index contributed by atoms with van der Waals surface area (Å²) in [4.78, 5) is 21.4. The van der Waals surface area contributed by atoms with Gasteiger partial charge in [0, 0.05) is 6.92 Å². The maximum Gasteiger partial charge on any atom is 0.326 e. The Bertz CT molecular complexity index is 218. The van der Waals surface area contributed by atoms with E-state index in [1.54, 1.807) is 0 Å².